The zero-order chi connectivity index (χ0) is 23.0. The molecule has 3 rings (SSSR count). The molecule has 2 amide bonds. The van der Waals surface area contributed by atoms with Gasteiger partial charge in [-0.3, -0.25) is 9.59 Å². The molecule has 2 heterocycles. The van der Waals surface area contributed by atoms with Crippen molar-refractivity contribution in [1.29, 1.82) is 0 Å². The molecule has 0 bridgehead atoms. The van der Waals surface area contributed by atoms with Gasteiger partial charge in [0.25, 0.3) is 5.91 Å². The van der Waals surface area contributed by atoms with Crippen LogP contribution in [0.2, 0.25) is 0 Å². The van der Waals surface area contributed by atoms with Crippen molar-refractivity contribution in [3.63, 3.8) is 0 Å². The van der Waals surface area contributed by atoms with Crippen molar-refractivity contribution in [3.05, 3.63) is 23.8 Å². The molecular weight excluding hydrogens is 408 g/mol. The summed E-state index contributed by atoms with van der Waals surface area (Å²) in [5, 5.41) is 11.2. The number of nitrogens with zero attached hydrogens (tertiary/aromatic N) is 3. The molecule has 8 heteroatoms. The van der Waals surface area contributed by atoms with Crippen LogP contribution in [0, 0.1) is 18.3 Å². The molecule has 32 heavy (non-hydrogen) atoms. The van der Waals surface area contributed by atoms with Gasteiger partial charge in [0.15, 0.2) is 17.2 Å². The van der Waals surface area contributed by atoms with Gasteiger partial charge in [-0.05, 0) is 44.9 Å². The van der Waals surface area contributed by atoms with Gasteiger partial charge < -0.3 is 19.7 Å². The van der Waals surface area contributed by atoms with E-state index in [1.807, 2.05) is 13.8 Å². The van der Waals surface area contributed by atoms with E-state index in [2.05, 4.69) is 21.5 Å². The molecule has 2 aliphatic rings. The number of hydrogen-bond acceptors (Lipinski definition) is 6. The molecular formula is C24H32N4O4. The van der Waals surface area contributed by atoms with Gasteiger partial charge in [-0.2, -0.15) is 10.2 Å². The normalized spacial score (nSPS) is 18.5. The Kier molecular flexibility index (Phi) is 8.09. The van der Waals surface area contributed by atoms with Crippen LogP contribution in [-0.2, 0) is 4.79 Å². The van der Waals surface area contributed by atoms with Crippen molar-refractivity contribution in [2.75, 3.05) is 32.8 Å². The van der Waals surface area contributed by atoms with E-state index in [0.717, 1.165) is 19.3 Å². The van der Waals surface area contributed by atoms with E-state index in [0.29, 0.717) is 62.8 Å². The Bertz CT molecular complexity index is 886. The maximum Gasteiger partial charge on any atom is 0.254 e. The standard InChI is InChI=1S/C24H32N4O4/c1-4-7-12-24(26-27-24)13-14-25-22(29)19-9-8-15-28(17-19)23(30)18-10-11-20(31-5-2)21(16-18)32-6-3/h1,10-11,16,19H,5-9,12-15,17H2,2-3H3,(H,25,29). The highest BCUT2D eigenvalue weighted by atomic mass is 16.5. The third-order valence-electron chi connectivity index (χ3n) is 5.75. The van der Waals surface area contributed by atoms with E-state index < -0.39 is 5.66 Å². The predicted molar refractivity (Wildman–Crippen MR) is 121 cm³/mol. The third kappa shape index (κ3) is 6.00. The van der Waals surface area contributed by atoms with Crippen LogP contribution in [0.5, 0.6) is 11.5 Å². The lowest BCUT2D eigenvalue weighted by atomic mass is 9.96. The van der Waals surface area contributed by atoms with Gasteiger partial charge >= 0.3 is 0 Å². The minimum Gasteiger partial charge on any atom is -0.490 e. The molecule has 1 aromatic carbocycles. The van der Waals surface area contributed by atoms with Gasteiger partial charge in [0.05, 0.1) is 19.1 Å². The van der Waals surface area contributed by atoms with Crippen LogP contribution in [0.4, 0.5) is 0 Å². The molecule has 0 aromatic heterocycles. The second kappa shape index (κ2) is 11.0. The molecule has 1 N–H and O–H groups in total. The Morgan fingerprint density at radius 3 is 2.66 bits per heavy atom. The molecule has 8 nitrogen and oxygen atoms in total. The number of ether oxygens (including phenoxy) is 2. The maximum atomic E-state index is 13.1. The summed E-state index contributed by atoms with van der Waals surface area (Å²) in [5.74, 6) is 3.42. The van der Waals surface area contributed by atoms with Crippen LogP contribution in [0.25, 0.3) is 0 Å². The number of piperidine rings is 1. The zero-order valence-corrected chi connectivity index (χ0v) is 18.9. The molecule has 0 radical (unpaired) electrons. The molecule has 0 aliphatic carbocycles. The molecule has 1 saturated heterocycles. The summed E-state index contributed by atoms with van der Waals surface area (Å²) < 4.78 is 11.2. The summed E-state index contributed by atoms with van der Waals surface area (Å²) >= 11 is 0. The predicted octanol–water partition coefficient (Wildman–Crippen LogP) is 3.42. The smallest absolute Gasteiger partial charge is 0.254 e. The number of carbonyl (C=O) groups is 2. The third-order valence-corrected chi connectivity index (χ3v) is 5.75. The van der Waals surface area contributed by atoms with Gasteiger partial charge in [-0.25, -0.2) is 0 Å². The molecule has 2 aliphatic heterocycles. The van der Waals surface area contributed by atoms with Crippen molar-refractivity contribution in [3.8, 4) is 23.8 Å². The minimum atomic E-state index is -0.403. The fourth-order valence-electron chi connectivity index (χ4n) is 3.94. The Morgan fingerprint density at radius 1 is 1.22 bits per heavy atom. The number of carbonyl (C=O) groups excluding carboxylic acids is 2. The van der Waals surface area contributed by atoms with E-state index in [9.17, 15) is 9.59 Å². The number of amides is 2. The number of terminal acetylenes is 1. The Hall–Kier alpha value is -3.08. The van der Waals surface area contributed by atoms with Gasteiger partial charge in [-0.1, -0.05) is 0 Å². The fourth-order valence-corrected chi connectivity index (χ4v) is 3.94. The van der Waals surface area contributed by atoms with E-state index in [-0.39, 0.29) is 17.7 Å². The monoisotopic (exact) mass is 440 g/mol. The minimum absolute atomic E-state index is 0.0306. The molecule has 172 valence electrons. The van der Waals surface area contributed by atoms with E-state index in [4.69, 9.17) is 15.9 Å². The first kappa shape index (κ1) is 23.6. The second-order valence-electron chi connectivity index (χ2n) is 8.05. The number of nitrogens with one attached hydrogen (secondary N) is 1. The molecule has 0 saturated carbocycles. The van der Waals surface area contributed by atoms with E-state index >= 15 is 0 Å². The SMILES string of the molecule is C#CCCC1(CCNC(=O)C2CCCN(C(=O)c3ccc(OCC)c(OCC)c3)C2)N=N1. The van der Waals surface area contributed by atoms with E-state index in [1.165, 1.54) is 0 Å². The number of rotatable bonds is 11. The number of benzene rings is 1. The van der Waals surface area contributed by atoms with Crippen LogP contribution in [0.1, 0.15) is 56.3 Å². The van der Waals surface area contributed by atoms with Crippen molar-refractivity contribution in [2.45, 2.75) is 51.6 Å². The van der Waals surface area contributed by atoms with Gasteiger partial charge in [-0.15, -0.1) is 12.3 Å². The fraction of sp³-hybridized carbons (Fsp3) is 0.583. The largest absolute Gasteiger partial charge is 0.490 e. The van der Waals surface area contributed by atoms with Crippen LogP contribution in [-0.4, -0.2) is 55.2 Å². The lowest BCUT2D eigenvalue weighted by Gasteiger charge is -2.32. The number of hydrogen-bond donors (Lipinski definition) is 1. The molecule has 0 spiro atoms. The highest BCUT2D eigenvalue weighted by Crippen LogP contribution is 2.36. The maximum absolute atomic E-state index is 13.1. The first-order valence-corrected chi connectivity index (χ1v) is 11.4. The summed E-state index contributed by atoms with van der Waals surface area (Å²) in [4.78, 5) is 27.6. The number of likely N-dealkylation sites (tertiary alicyclic amines) is 1. The highest BCUT2D eigenvalue weighted by molar-refractivity contribution is 5.95. The lowest BCUT2D eigenvalue weighted by molar-refractivity contribution is -0.126. The van der Waals surface area contributed by atoms with Gasteiger partial charge in [0.1, 0.15) is 0 Å². The van der Waals surface area contributed by atoms with Crippen LogP contribution < -0.4 is 14.8 Å². The van der Waals surface area contributed by atoms with Gasteiger partial charge in [0, 0.05) is 44.5 Å². The summed E-state index contributed by atoms with van der Waals surface area (Å²) in [7, 11) is 0. The van der Waals surface area contributed by atoms with Crippen molar-refractivity contribution < 1.29 is 19.1 Å². The van der Waals surface area contributed by atoms with E-state index in [1.54, 1.807) is 23.1 Å². The Morgan fingerprint density at radius 2 is 1.97 bits per heavy atom. The van der Waals surface area contributed by atoms with Crippen molar-refractivity contribution in [2.24, 2.45) is 16.1 Å². The van der Waals surface area contributed by atoms with Gasteiger partial charge in [0.2, 0.25) is 5.91 Å². The van der Waals surface area contributed by atoms with Crippen molar-refractivity contribution >= 4 is 11.8 Å². The summed E-state index contributed by atoms with van der Waals surface area (Å²) in [6.45, 7) is 6.32. The van der Waals surface area contributed by atoms with Crippen molar-refractivity contribution in [1.82, 2.24) is 10.2 Å². The molecule has 1 unspecified atom stereocenters. The van der Waals surface area contributed by atoms with Crippen LogP contribution >= 0.6 is 0 Å². The second-order valence-corrected chi connectivity index (χ2v) is 8.05. The first-order chi connectivity index (χ1) is 15.5. The highest BCUT2D eigenvalue weighted by Gasteiger charge is 2.39. The van der Waals surface area contributed by atoms with Crippen LogP contribution in [0.15, 0.2) is 28.4 Å². The Balaban J connectivity index is 1.54. The zero-order valence-electron chi connectivity index (χ0n) is 18.9. The topological polar surface area (TPSA) is 92.6 Å². The quantitative estimate of drug-likeness (QED) is 0.534. The first-order valence-electron chi connectivity index (χ1n) is 11.4. The summed E-state index contributed by atoms with van der Waals surface area (Å²) in [5.41, 5.74) is 0.130. The Labute approximate surface area is 189 Å². The average molecular weight is 441 g/mol. The average Bonchev–Trinajstić information content (AvgIpc) is 3.58. The van der Waals surface area contributed by atoms with Crippen LogP contribution in [0.3, 0.4) is 0 Å². The summed E-state index contributed by atoms with van der Waals surface area (Å²) in [6.07, 6.45) is 8.86. The lowest BCUT2D eigenvalue weighted by Crippen LogP contribution is -2.45. The summed E-state index contributed by atoms with van der Waals surface area (Å²) in [6, 6.07) is 5.23. The molecule has 1 fully saturated rings. The molecule has 1 aromatic rings. The molecule has 1 atom stereocenters.